The molecule has 3 rings (SSSR count). The Morgan fingerprint density at radius 3 is 2.30 bits per heavy atom. The number of carbonyl (C=O) groups excluding carboxylic acids is 1. The fraction of sp³-hybridized carbons (Fsp3) is 0.458. The monoisotopic (exact) mass is 411 g/mol. The Kier molecular flexibility index (Phi) is 7.97. The normalized spacial score (nSPS) is 15.0. The molecule has 0 saturated carbocycles. The third kappa shape index (κ3) is 6.13. The molecule has 1 N–H and O–H groups in total. The smallest absolute Gasteiger partial charge is 0.241 e. The van der Waals surface area contributed by atoms with Gasteiger partial charge in [-0.15, -0.1) is 0 Å². The molecule has 0 aromatic heterocycles. The van der Waals surface area contributed by atoms with Gasteiger partial charge in [0.2, 0.25) is 5.91 Å². The van der Waals surface area contributed by atoms with E-state index >= 15 is 0 Å². The van der Waals surface area contributed by atoms with Crippen molar-refractivity contribution in [1.29, 1.82) is 0 Å². The van der Waals surface area contributed by atoms with Gasteiger partial charge in [-0.2, -0.15) is 0 Å². The Morgan fingerprint density at radius 1 is 1.03 bits per heavy atom. The van der Waals surface area contributed by atoms with Gasteiger partial charge in [0.1, 0.15) is 18.1 Å². The van der Waals surface area contributed by atoms with E-state index < -0.39 is 0 Å². The SMILES string of the molecule is COc1ccc(OCCN(C)C(C)C(=O)Nc2ccc(N3CCCCC3)cc2)cc1. The summed E-state index contributed by atoms with van der Waals surface area (Å²) in [5.41, 5.74) is 2.06. The van der Waals surface area contributed by atoms with Crippen LogP contribution in [0.4, 0.5) is 11.4 Å². The molecule has 1 aliphatic rings. The van der Waals surface area contributed by atoms with Crippen molar-refractivity contribution < 1.29 is 14.3 Å². The second-order valence-electron chi connectivity index (χ2n) is 7.76. The van der Waals surface area contributed by atoms with Crippen LogP contribution < -0.4 is 19.7 Å². The molecular weight excluding hydrogens is 378 g/mol. The van der Waals surface area contributed by atoms with Crippen molar-refractivity contribution in [3.8, 4) is 11.5 Å². The molecule has 0 bridgehead atoms. The number of anilines is 2. The molecule has 1 heterocycles. The predicted molar refractivity (Wildman–Crippen MR) is 122 cm³/mol. The Hall–Kier alpha value is -2.73. The summed E-state index contributed by atoms with van der Waals surface area (Å²) in [6.45, 7) is 5.29. The van der Waals surface area contributed by atoms with Crippen LogP contribution in [0.2, 0.25) is 0 Å². The number of methoxy groups -OCH3 is 1. The van der Waals surface area contributed by atoms with Gasteiger partial charge in [0, 0.05) is 31.0 Å². The molecule has 6 heteroatoms. The van der Waals surface area contributed by atoms with Crippen molar-refractivity contribution in [2.75, 3.05) is 50.6 Å². The summed E-state index contributed by atoms with van der Waals surface area (Å²) in [5, 5.41) is 3.02. The van der Waals surface area contributed by atoms with Gasteiger partial charge < -0.3 is 19.7 Å². The number of rotatable bonds is 9. The van der Waals surface area contributed by atoms with E-state index in [1.165, 1.54) is 24.9 Å². The first-order chi connectivity index (χ1) is 14.6. The highest BCUT2D eigenvalue weighted by Gasteiger charge is 2.18. The molecule has 0 radical (unpaired) electrons. The summed E-state index contributed by atoms with van der Waals surface area (Å²) in [7, 11) is 3.57. The van der Waals surface area contributed by atoms with Gasteiger partial charge in [-0.05, 0) is 81.8 Å². The van der Waals surface area contributed by atoms with Gasteiger partial charge in [-0.25, -0.2) is 0 Å². The van der Waals surface area contributed by atoms with Gasteiger partial charge in [0.25, 0.3) is 0 Å². The molecule has 1 fully saturated rings. The maximum Gasteiger partial charge on any atom is 0.241 e. The van der Waals surface area contributed by atoms with Gasteiger partial charge >= 0.3 is 0 Å². The van der Waals surface area contributed by atoms with E-state index in [-0.39, 0.29) is 11.9 Å². The number of piperidine rings is 1. The van der Waals surface area contributed by atoms with Crippen LogP contribution in [0.15, 0.2) is 48.5 Å². The summed E-state index contributed by atoms with van der Waals surface area (Å²) >= 11 is 0. The van der Waals surface area contributed by atoms with Crippen LogP contribution >= 0.6 is 0 Å². The minimum Gasteiger partial charge on any atom is -0.497 e. The lowest BCUT2D eigenvalue weighted by Gasteiger charge is -2.29. The van der Waals surface area contributed by atoms with Gasteiger partial charge in [0.05, 0.1) is 13.2 Å². The molecule has 162 valence electrons. The van der Waals surface area contributed by atoms with E-state index in [1.54, 1.807) is 7.11 Å². The predicted octanol–water partition coefficient (Wildman–Crippen LogP) is 4.02. The van der Waals surface area contributed by atoms with Crippen LogP contribution in [0.25, 0.3) is 0 Å². The largest absolute Gasteiger partial charge is 0.497 e. The van der Waals surface area contributed by atoms with Crippen molar-refractivity contribution in [3.05, 3.63) is 48.5 Å². The Morgan fingerprint density at radius 2 is 1.67 bits per heavy atom. The molecule has 0 aliphatic carbocycles. The van der Waals surface area contributed by atoms with Crippen LogP contribution in [0.1, 0.15) is 26.2 Å². The third-order valence-electron chi connectivity index (χ3n) is 5.67. The molecule has 30 heavy (non-hydrogen) atoms. The third-order valence-corrected chi connectivity index (χ3v) is 5.67. The number of amides is 1. The zero-order valence-corrected chi connectivity index (χ0v) is 18.3. The lowest BCUT2D eigenvalue weighted by Crippen LogP contribution is -2.41. The Balaban J connectivity index is 1.43. The van der Waals surface area contributed by atoms with E-state index in [0.29, 0.717) is 13.2 Å². The van der Waals surface area contributed by atoms with E-state index in [2.05, 4.69) is 22.3 Å². The van der Waals surface area contributed by atoms with Crippen LogP contribution in [-0.2, 0) is 4.79 Å². The molecule has 1 aliphatic heterocycles. The molecule has 2 aromatic rings. The van der Waals surface area contributed by atoms with E-state index in [4.69, 9.17) is 9.47 Å². The molecule has 1 amide bonds. The molecule has 0 spiro atoms. The van der Waals surface area contributed by atoms with Gasteiger partial charge in [-0.1, -0.05) is 0 Å². The average Bonchev–Trinajstić information content (AvgIpc) is 2.80. The molecule has 1 unspecified atom stereocenters. The highest BCUT2D eigenvalue weighted by atomic mass is 16.5. The highest BCUT2D eigenvalue weighted by molar-refractivity contribution is 5.94. The molecule has 1 saturated heterocycles. The summed E-state index contributed by atoms with van der Waals surface area (Å²) < 4.78 is 10.9. The number of carbonyl (C=O) groups is 1. The highest BCUT2D eigenvalue weighted by Crippen LogP contribution is 2.22. The molecule has 2 aromatic carbocycles. The summed E-state index contributed by atoms with van der Waals surface area (Å²) in [4.78, 5) is 17.0. The van der Waals surface area contributed by atoms with Crippen molar-refractivity contribution in [2.45, 2.75) is 32.2 Å². The Labute approximate surface area is 179 Å². The van der Waals surface area contributed by atoms with Crippen molar-refractivity contribution in [1.82, 2.24) is 4.90 Å². The zero-order valence-electron chi connectivity index (χ0n) is 18.3. The minimum absolute atomic E-state index is 0.0207. The standard InChI is InChI=1S/C24H33N3O3/c1-19(26(2)17-18-30-23-13-11-22(29-3)12-14-23)24(28)25-20-7-9-21(10-8-20)27-15-5-4-6-16-27/h7-14,19H,4-6,15-18H2,1-3H3,(H,25,28). The number of nitrogens with zero attached hydrogens (tertiary/aromatic N) is 2. The quantitative estimate of drug-likeness (QED) is 0.675. The van der Waals surface area contributed by atoms with Crippen LogP contribution in [0.3, 0.4) is 0 Å². The fourth-order valence-corrected chi connectivity index (χ4v) is 3.53. The fourth-order valence-electron chi connectivity index (χ4n) is 3.53. The van der Waals surface area contributed by atoms with Gasteiger partial charge in [0.15, 0.2) is 0 Å². The number of hydrogen-bond acceptors (Lipinski definition) is 5. The van der Waals surface area contributed by atoms with E-state index in [1.807, 2.05) is 55.3 Å². The lowest BCUT2D eigenvalue weighted by atomic mass is 10.1. The molecule has 1 atom stereocenters. The average molecular weight is 412 g/mol. The number of hydrogen-bond donors (Lipinski definition) is 1. The maximum atomic E-state index is 12.6. The summed E-state index contributed by atoms with van der Waals surface area (Å²) in [6.07, 6.45) is 3.83. The number of likely N-dealkylation sites (N-methyl/N-ethyl adjacent to an activating group) is 1. The summed E-state index contributed by atoms with van der Waals surface area (Å²) in [6, 6.07) is 15.4. The topological polar surface area (TPSA) is 54.0 Å². The van der Waals surface area contributed by atoms with Crippen molar-refractivity contribution in [3.63, 3.8) is 0 Å². The van der Waals surface area contributed by atoms with Crippen molar-refractivity contribution in [2.24, 2.45) is 0 Å². The lowest BCUT2D eigenvalue weighted by molar-refractivity contribution is -0.120. The molecule has 6 nitrogen and oxygen atoms in total. The second-order valence-corrected chi connectivity index (χ2v) is 7.76. The Bertz CT molecular complexity index is 786. The minimum atomic E-state index is -0.258. The zero-order chi connectivity index (χ0) is 21.3. The first kappa shape index (κ1) is 22.0. The number of benzene rings is 2. The first-order valence-electron chi connectivity index (χ1n) is 10.7. The van der Waals surface area contributed by atoms with Crippen molar-refractivity contribution >= 4 is 17.3 Å². The van der Waals surface area contributed by atoms with E-state index in [9.17, 15) is 4.79 Å². The number of ether oxygens (including phenoxy) is 2. The van der Waals surface area contributed by atoms with Crippen LogP contribution in [-0.4, -0.2) is 57.2 Å². The maximum absolute atomic E-state index is 12.6. The van der Waals surface area contributed by atoms with Crippen LogP contribution in [0, 0.1) is 0 Å². The molecular formula is C24H33N3O3. The van der Waals surface area contributed by atoms with Crippen LogP contribution in [0.5, 0.6) is 11.5 Å². The number of nitrogens with one attached hydrogen (secondary N) is 1. The van der Waals surface area contributed by atoms with E-state index in [0.717, 1.165) is 30.3 Å². The first-order valence-corrected chi connectivity index (χ1v) is 10.7. The van der Waals surface area contributed by atoms with Gasteiger partial charge in [-0.3, -0.25) is 9.69 Å². The second kappa shape index (κ2) is 10.9. The summed E-state index contributed by atoms with van der Waals surface area (Å²) in [5.74, 6) is 1.57.